The summed E-state index contributed by atoms with van der Waals surface area (Å²) in [6.45, 7) is 0.628. The minimum absolute atomic E-state index is 0.0784. The molecule has 1 fully saturated rings. The maximum Gasteiger partial charge on any atom is 0.310 e. The summed E-state index contributed by atoms with van der Waals surface area (Å²) in [5.41, 5.74) is 2.02. The van der Waals surface area contributed by atoms with Gasteiger partial charge in [0.1, 0.15) is 0 Å². The highest BCUT2D eigenvalue weighted by Gasteiger charge is 2.52. The summed E-state index contributed by atoms with van der Waals surface area (Å²) in [4.78, 5) is 24.6. The molecule has 1 saturated carbocycles. The summed E-state index contributed by atoms with van der Waals surface area (Å²) in [5, 5.41) is 20.5. The number of benzene rings is 2. The number of phenols is 1. The van der Waals surface area contributed by atoms with Gasteiger partial charge in [-0.1, -0.05) is 18.2 Å². The van der Waals surface area contributed by atoms with Crippen LogP contribution >= 0.6 is 0 Å². The van der Waals surface area contributed by atoms with Crippen molar-refractivity contribution >= 4 is 17.3 Å². The number of phenolic OH excluding ortho intramolecular Hbond substituents is 1. The lowest BCUT2D eigenvalue weighted by Gasteiger charge is -2.18. The maximum absolute atomic E-state index is 12.8. The summed E-state index contributed by atoms with van der Waals surface area (Å²) < 4.78 is 0. The lowest BCUT2D eigenvalue weighted by molar-refractivity contribution is -0.385. The van der Waals surface area contributed by atoms with Crippen molar-refractivity contribution in [3.8, 4) is 5.75 Å². The highest BCUT2D eigenvalue weighted by molar-refractivity contribution is 6.08. The van der Waals surface area contributed by atoms with Gasteiger partial charge < -0.3 is 10.0 Å². The maximum atomic E-state index is 12.8. The molecule has 1 heterocycles. The van der Waals surface area contributed by atoms with Gasteiger partial charge in [0, 0.05) is 29.3 Å². The van der Waals surface area contributed by atoms with Gasteiger partial charge >= 0.3 is 5.69 Å². The van der Waals surface area contributed by atoms with Crippen molar-refractivity contribution in [1.82, 2.24) is 0 Å². The third-order valence-electron chi connectivity index (χ3n) is 4.74. The fourth-order valence-electron chi connectivity index (χ4n) is 3.36. The van der Waals surface area contributed by atoms with E-state index < -0.39 is 16.4 Å². The number of nitro benzene ring substituents is 1. The first-order valence-electron chi connectivity index (χ1n) is 7.41. The molecule has 116 valence electrons. The van der Waals surface area contributed by atoms with Gasteiger partial charge in [0.25, 0.3) is 5.91 Å². The summed E-state index contributed by atoms with van der Waals surface area (Å²) in [5.74, 6) is -0.735. The average molecular weight is 310 g/mol. The lowest BCUT2D eigenvalue weighted by Crippen LogP contribution is -2.31. The number of carbonyl (C=O) groups excluding carboxylic acids is 1. The minimum Gasteiger partial charge on any atom is -0.502 e. The van der Waals surface area contributed by atoms with Crippen molar-refractivity contribution in [1.29, 1.82) is 0 Å². The second-order valence-corrected chi connectivity index (χ2v) is 6.15. The van der Waals surface area contributed by atoms with E-state index in [0.717, 1.165) is 24.6 Å². The number of carbonyl (C=O) groups is 1. The van der Waals surface area contributed by atoms with Crippen molar-refractivity contribution in [3.05, 3.63) is 63.7 Å². The highest BCUT2D eigenvalue weighted by Crippen LogP contribution is 2.56. The Morgan fingerprint density at radius 3 is 2.61 bits per heavy atom. The van der Waals surface area contributed by atoms with Crippen LogP contribution in [0.4, 0.5) is 11.4 Å². The van der Waals surface area contributed by atoms with Gasteiger partial charge in [-0.05, 0) is 36.6 Å². The third kappa shape index (κ3) is 1.98. The van der Waals surface area contributed by atoms with E-state index in [2.05, 4.69) is 6.07 Å². The number of nitrogens with zero attached hydrogens (tertiary/aromatic N) is 2. The quantitative estimate of drug-likeness (QED) is 0.682. The number of para-hydroxylation sites is 1. The fourth-order valence-corrected chi connectivity index (χ4v) is 3.36. The topological polar surface area (TPSA) is 83.7 Å². The van der Waals surface area contributed by atoms with Crippen LogP contribution in [0.3, 0.4) is 0 Å². The molecule has 1 amide bonds. The van der Waals surface area contributed by atoms with Gasteiger partial charge in [0.15, 0.2) is 5.75 Å². The molecular weight excluding hydrogens is 296 g/mol. The van der Waals surface area contributed by atoms with E-state index in [-0.39, 0.29) is 16.9 Å². The summed E-state index contributed by atoms with van der Waals surface area (Å²) in [6, 6.07) is 11.6. The highest BCUT2D eigenvalue weighted by atomic mass is 16.6. The van der Waals surface area contributed by atoms with Gasteiger partial charge in [0.2, 0.25) is 0 Å². The van der Waals surface area contributed by atoms with Crippen LogP contribution in [0, 0.1) is 10.1 Å². The van der Waals surface area contributed by atoms with Gasteiger partial charge in [-0.25, -0.2) is 0 Å². The number of hydrogen-bond acceptors (Lipinski definition) is 4. The number of aromatic hydroxyl groups is 1. The number of rotatable bonds is 2. The van der Waals surface area contributed by atoms with Gasteiger partial charge in [-0.15, -0.1) is 0 Å². The monoisotopic (exact) mass is 310 g/mol. The van der Waals surface area contributed by atoms with Crippen molar-refractivity contribution in [3.63, 3.8) is 0 Å². The van der Waals surface area contributed by atoms with E-state index in [1.54, 1.807) is 4.90 Å². The van der Waals surface area contributed by atoms with Gasteiger partial charge in [-0.3, -0.25) is 14.9 Å². The molecular formula is C17H14N2O4. The Morgan fingerprint density at radius 1 is 1.22 bits per heavy atom. The fraction of sp³-hybridized carbons (Fsp3) is 0.235. The van der Waals surface area contributed by atoms with Gasteiger partial charge in [0.05, 0.1) is 4.92 Å². The average Bonchev–Trinajstić information content (AvgIpc) is 3.24. The van der Waals surface area contributed by atoms with Crippen LogP contribution in [-0.2, 0) is 5.41 Å². The molecule has 0 radical (unpaired) electrons. The molecule has 0 unspecified atom stereocenters. The van der Waals surface area contributed by atoms with Crippen LogP contribution in [0.15, 0.2) is 42.5 Å². The van der Waals surface area contributed by atoms with Crippen LogP contribution in [0.25, 0.3) is 0 Å². The van der Waals surface area contributed by atoms with E-state index >= 15 is 0 Å². The first-order chi connectivity index (χ1) is 11.0. The standard InChI is InChI=1S/C17H14N2O4/c20-15-9-11(5-6-14(15)19(22)23)16(21)18-10-17(7-8-17)12-3-1-2-4-13(12)18/h1-6,9,20H,7-8,10H2. The normalized spacial score (nSPS) is 17.1. The number of hydrogen-bond donors (Lipinski definition) is 1. The summed E-state index contributed by atoms with van der Waals surface area (Å²) in [7, 11) is 0. The Hall–Kier alpha value is -2.89. The molecule has 0 bridgehead atoms. The van der Waals surface area contributed by atoms with Crippen molar-refractivity contribution in [2.24, 2.45) is 0 Å². The van der Waals surface area contributed by atoms with E-state index in [1.165, 1.54) is 17.7 Å². The molecule has 6 heteroatoms. The van der Waals surface area contributed by atoms with E-state index in [9.17, 15) is 20.0 Å². The molecule has 0 aromatic heterocycles. The summed E-state index contributed by atoms with van der Waals surface area (Å²) in [6.07, 6.45) is 2.14. The second-order valence-electron chi connectivity index (χ2n) is 6.15. The van der Waals surface area contributed by atoms with E-state index in [0.29, 0.717) is 6.54 Å². The predicted molar refractivity (Wildman–Crippen MR) is 83.8 cm³/mol. The minimum atomic E-state index is -0.673. The Balaban J connectivity index is 1.71. The molecule has 6 nitrogen and oxygen atoms in total. The number of fused-ring (bicyclic) bond motifs is 2. The van der Waals surface area contributed by atoms with Crippen LogP contribution in [0.1, 0.15) is 28.8 Å². The lowest BCUT2D eigenvalue weighted by atomic mass is 9.99. The SMILES string of the molecule is O=C(c1ccc([N+](=O)[O-])c(O)c1)N1CC2(CC2)c2ccccc21. The molecule has 1 aliphatic carbocycles. The van der Waals surface area contributed by atoms with E-state index in [1.807, 2.05) is 18.2 Å². The first-order valence-corrected chi connectivity index (χ1v) is 7.41. The molecule has 2 aromatic rings. The molecule has 2 aromatic carbocycles. The van der Waals surface area contributed by atoms with Gasteiger partial charge in [-0.2, -0.15) is 0 Å². The number of nitro groups is 1. The van der Waals surface area contributed by atoms with Crippen LogP contribution in [0.2, 0.25) is 0 Å². The smallest absolute Gasteiger partial charge is 0.310 e. The number of anilines is 1. The zero-order valence-electron chi connectivity index (χ0n) is 12.2. The van der Waals surface area contributed by atoms with E-state index in [4.69, 9.17) is 0 Å². The van der Waals surface area contributed by atoms with Crippen LogP contribution in [0.5, 0.6) is 5.75 Å². The molecule has 0 atom stereocenters. The Bertz CT molecular complexity index is 842. The Kier molecular flexibility index (Phi) is 2.72. The first kappa shape index (κ1) is 13.8. The molecule has 2 aliphatic rings. The molecule has 1 N–H and O–H groups in total. The number of amides is 1. The molecule has 0 saturated heterocycles. The van der Waals surface area contributed by atoms with Crippen LogP contribution in [-0.4, -0.2) is 22.5 Å². The molecule has 1 spiro atoms. The van der Waals surface area contributed by atoms with Crippen molar-refractivity contribution in [2.75, 3.05) is 11.4 Å². The zero-order chi connectivity index (χ0) is 16.2. The zero-order valence-corrected chi connectivity index (χ0v) is 12.2. The Morgan fingerprint density at radius 2 is 1.96 bits per heavy atom. The molecule has 1 aliphatic heterocycles. The van der Waals surface area contributed by atoms with Crippen molar-refractivity contribution < 1.29 is 14.8 Å². The molecule has 4 rings (SSSR count). The summed E-state index contributed by atoms with van der Waals surface area (Å²) >= 11 is 0. The third-order valence-corrected chi connectivity index (χ3v) is 4.74. The largest absolute Gasteiger partial charge is 0.502 e. The molecule has 23 heavy (non-hydrogen) atoms. The predicted octanol–water partition coefficient (Wildman–Crippen LogP) is 2.99. The van der Waals surface area contributed by atoms with Crippen LogP contribution < -0.4 is 4.90 Å². The Labute approximate surface area is 132 Å². The van der Waals surface area contributed by atoms with Crippen molar-refractivity contribution in [2.45, 2.75) is 18.3 Å². The second kappa shape index (κ2) is 4.55.